The number of halogens is 1. The van der Waals surface area contributed by atoms with Gasteiger partial charge in [-0.2, -0.15) is 0 Å². The SMILES string of the molecule is CCOc1c(F)cccc1C(=O)NCC1(O)Cc2ccccc2C1. The van der Waals surface area contributed by atoms with E-state index in [1.807, 2.05) is 24.3 Å². The number of ether oxygens (including phenoxy) is 1. The molecule has 1 aliphatic carbocycles. The summed E-state index contributed by atoms with van der Waals surface area (Å²) in [6.45, 7) is 2.09. The van der Waals surface area contributed by atoms with Gasteiger partial charge >= 0.3 is 0 Å². The van der Waals surface area contributed by atoms with Crippen LogP contribution in [0, 0.1) is 5.82 Å². The van der Waals surface area contributed by atoms with Gasteiger partial charge in [-0.15, -0.1) is 0 Å². The van der Waals surface area contributed by atoms with E-state index in [1.165, 1.54) is 18.2 Å². The minimum atomic E-state index is -1.02. The molecule has 0 saturated heterocycles. The maximum absolute atomic E-state index is 13.8. The van der Waals surface area contributed by atoms with Crippen LogP contribution in [0.5, 0.6) is 5.75 Å². The molecule has 0 saturated carbocycles. The van der Waals surface area contributed by atoms with Crippen molar-refractivity contribution in [1.29, 1.82) is 0 Å². The van der Waals surface area contributed by atoms with Crippen molar-refractivity contribution in [2.24, 2.45) is 0 Å². The number of aliphatic hydroxyl groups is 1. The van der Waals surface area contributed by atoms with Crippen molar-refractivity contribution in [3.8, 4) is 5.75 Å². The van der Waals surface area contributed by atoms with E-state index in [0.717, 1.165) is 11.1 Å². The summed E-state index contributed by atoms with van der Waals surface area (Å²) in [5.41, 5.74) is 1.30. The summed E-state index contributed by atoms with van der Waals surface area (Å²) < 4.78 is 19.1. The molecule has 0 bridgehead atoms. The molecule has 3 rings (SSSR count). The Morgan fingerprint density at radius 2 is 1.88 bits per heavy atom. The molecule has 0 aliphatic heterocycles. The Labute approximate surface area is 140 Å². The third kappa shape index (κ3) is 3.26. The summed E-state index contributed by atoms with van der Waals surface area (Å²) in [6.07, 6.45) is 0.982. The minimum Gasteiger partial charge on any atom is -0.490 e. The molecule has 0 fully saturated rings. The molecule has 1 aliphatic rings. The first-order valence-corrected chi connectivity index (χ1v) is 8.01. The summed E-state index contributed by atoms with van der Waals surface area (Å²) in [7, 11) is 0. The van der Waals surface area contributed by atoms with Crippen molar-refractivity contribution in [2.45, 2.75) is 25.4 Å². The van der Waals surface area contributed by atoms with Gasteiger partial charge in [-0.1, -0.05) is 30.3 Å². The standard InChI is InChI=1S/C19H20FNO3/c1-2-24-17-15(8-5-9-16(17)20)18(22)21-12-19(23)10-13-6-3-4-7-14(13)11-19/h3-9,23H,2,10-12H2,1H3,(H,21,22). The van der Waals surface area contributed by atoms with Gasteiger partial charge in [-0.3, -0.25) is 4.79 Å². The highest BCUT2D eigenvalue weighted by Crippen LogP contribution is 2.30. The second kappa shape index (κ2) is 6.61. The number of para-hydroxylation sites is 1. The molecular formula is C19H20FNO3. The third-order valence-corrected chi connectivity index (χ3v) is 4.24. The summed E-state index contributed by atoms with van der Waals surface area (Å²) in [5.74, 6) is -1.09. The van der Waals surface area contributed by atoms with Crippen molar-refractivity contribution in [1.82, 2.24) is 5.32 Å². The largest absolute Gasteiger partial charge is 0.490 e. The van der Waals surface area contributed by atoms with Crippen LogP contribution in [-0.4, -0.2) is 29.8 Å². The molecule has 0 radical (unpaired) electrons. The van der Waals surface area contributed by atoms with Gasteiger partial charge in [0.1, 0.15) is 0 Å². The molecule has 0 spiro atoms. The van der Waals surface area contributed by atoms with Gasteiger partial charge in [0, 0.05) is 19.4 Å². The molecule has 2 aromatic carbocycles. The maximum Gasteiger partial charge on any atom is 0.255 e. The molecular weight excluding hydrogens is 309 g/mol. The van der Waals surface area contributed by atoms with E-state index in [-0.39, 0.29) is 24.5 Å². The smallest absolute Gasteiger partial charge is 0.255 e. The number of carbonyl (C=O) groups is 1. The minimum absolute atomic E-state index is 0.0563. The molecule has 1 amide bonds. The van der Waals surface area contributed by atoms with E-state index < -0.39 is 17.3 Å². The molecule has 24 heavy (non-hydrogen) atoms. The quantitative estimate of drug-likeness (QED) is 0.886. The molecule has 0 unspecified atom stereocenters. The third-order valence-electron chi connectivity index (χ3n) is 4.24. The molecule has 0 atom stereocenters. The Balaban J connectivity index is 1.70. The van der Waals surface area contributed by atoms with Crippen LogP contribution in [0.15, 0.2) is 42.5 Å². The molecule has 4 nitrogen and oxygen atoms in total. The van der Waals surface area contributed by atoms with Crippen LogP contribution in [0.2, 0.25) is 0 Å². The van der Waals surface area contributed by atoms with Gasteiger partial charge < -0.3 is 15.2 Å². The second-order valence-electron chi connectivity index (χ2n) is 6.08. The van der Waals surface area contributed by atoms with Gasteiger partial charge in [-0.25, -0.2) is 4.39 Å². The van der Waals surface area contributed by atoms with Crippen LogP contribution in [0.1, 0.15) is 28.4 Å². The zero-order valence-electron chi connectivity index (χ0n) is 13.5. The maximum atomic E-state index is 13.8. The predicted octanol–water partition coefficient (Wildman–Crippen LogP) is 2.48. The number of rotatable bonds is 5. The van der Waals surface area contributed by atoms with E-state index in [9.17, 15) is 14.3 Å². The summed E-state index contributed by atoms with van der Waals surface area (Å²) in [5, 5.41) is 13.4. The van der Waals surface area contributed by atoms with Gasteiger partial charge in [-0.05, 0) is 30.2 Å². The monoisotopic (exact) mass is 329 g/mol. The number of carbonyl (C=O) groups excluding carboxylic acids is 1. The average Bonchev–Trinajstić information content (AvgIpc) is 2.91. The summed E-state index contributed by atoms with van der Waals surface area (Å²) in [6, 6.07) is 12.1. The Hall–Kier alpha value is -2.40. The first kappa shape index (κ1) is 16.5. The van der Waals surface area contributed by atoms with Gasteiger partial charge in [0.15, 0.2) is 11.6 Å². The fraction of sp³-hybridized carbons (Fsp3) is 0.316. The Bertz CT molecular complexity index is 735. The first-order valence-electron chi connectivity index (χ1n) is 8.01. The zero-order chi connectivity index (χ0) is 17.2. The van der Waals surface area contributed by atoms with E-state index in [2.05, 4.69) is 5.32 Å². The molecule has 0 heterocycles. The topological polar surface area (TPSA) is 58.6 Å². The molecule has 2 N–H and O–H groups in total. The summed E-state index contributed by atoms with van der Waals surface area (Å²) >= 11 is 0. The van der Waals surface area contributed by atoms with Crippen molar-refractivity contribution in [3.05, 3.63) is 65.0 Å². The van der Waals surface area contributed by atoms with Crippen LogP contribution in [-0.2, 0) is 12.8 Å². The fourth-order valence-corrected chi connectivity index (χ4v) is 3.12. The number of benzene rings is 2. The molecule has 0 aromatic heterocycles. The van der Waals surface area contributed by atoms with Crippen molar-refractivity contribution in [3.63, 3.8) is 0 Å². The number of fused-ring (bicyclic) bond motifs is 1. The lowest BCUT2D eigenvalue weighted by Gasteiger charge is -2.23. The highest BCUT2D eigenvalue weighted by molar-refractivity contribution is 5.97. The van der Waals surface area contributed by atoms with Crippen LogP contribution >= 0.6 is 0 Å². The van der Waals surface area contributed by atoms with E-state index >= 15 is 0 Å². The first-order chi connectivity index (χ1) is 11.5. The highest BCUT2D eigenvalue weighted by Gasteiger charge is 2.35. The molecule has 126 valence electrons. The van der Waals surface area contributed by atoms with Crippen LogP contribution in [0.4, 0.5) is 4.39 Å². The fourth-order valence-electron chi connectivity index (χ4n) is 3.12. The van der Waals surface area contributed by atoms with Crippen LogP contribution in [0.3, 0.4) is 0 Å². The average molecular weight is 329 g/mol. The van der Waals surface area contributed by atoms with E-state index in [0.29, 0.717) is 12.8 Å². The van der Waals surface area contributed by atoms with E-state index in [1.54, 1.807) is 6.92 Å². The van der Waals surface area contributed by atoms with Crippen molar-refractivity contribution >= 4 is 5.91 Å². The summed E-state index contributed by atoms with van der Waals surface area (Å²) in [4.78, 5) is 12.4. The van der Waals surface area contributed by atoms with Gasteiger partial charge in [0.25, 0.3) is 5.91 Å². The number of hydrogen-bond acceptors (Lipinski definition) is 3. The number of nitrogens with one attached hydrogen (secondary N) is 1. The van der Waals surface area contributed by atoms with Gasteiger partial charge in [0.05, 0.1) is 17.8 Å². The normalized spacial score (nSPS) is 15.0. The van der Waals surface area contributed by atoms with E-state index in [4.69, 9.17) is 4.74 Å². The predicted molar refractivity (Wildman–Crippen MR) is 88.7 cm³/mol. The molecule has 2 aromatic rings. The number of amides is 1. The lowest BCUT2D eigenvalue weighted by atomic mass is 10.0. The lowest BCUT2D eigenvalue weighted by molar-refractivity contribution is 0.0478. The highest BCUT2D eigenvalue weighted by atomic mass is 19.1. The second-order valence-corrected chi connectivity index (χ2v) is 6.08. The van der Waals surface area contributed by atoms with Crippen LogP contribution in [0.25, 0.3) is 0 Å². The van der Waals surface area contributed by atoms with Crippen molar-refractivity contribution < 1.29 is 19.0 Å². The Morgan fingerprint density at radius 1 is 1.21 bits per heavy atom. The molecule has 5 heteroatoms. The Kier molecular flexibility index (Phi) is 4.53. The zero-order valence-corrected chi connectivity index (χ0v) is 13.5. The van der Waals surface area contributed by atoms with Crippen LogP contribution < -0.4 is 10.1 Å². The Morgan fingerprint density at radius 3 is 2.50 bits per heavy atom. The van der Waals surface area contributed by atoms with Gasteiger partial charge in [0.2, 0.25) is 0 Å². The van der Waals surface area contributed by atoms with Crippen molar-refractivity contribution in [2.75, 3.05) is 13.2 Å². The lowest BCUT2D eigenvalue weighted by Crippen LogP contribution is -2.43. The number of hydrogen-bond donors (Lipinski definition) is 2.